The highest BCUT2D eigenvalue weighted by Crippen LogP contribution is 2.39. The molecule has 174 valence electrons. The van der Waals surface area contributed by atoms with Gasteiger partial charge in [0.2, 0.25) is 0 Å². The number of phenolic OH excluding ortho intramolecular Hbond substituents is 5. The number of hydrogen-bond acceptors (Lipinski definition) is 6. The molecule has 0 saturated carbocycles. The molecule has 0 aliphatic carbocycles. The molecule has 0 bridgehead atoms. The minimum Gasteiger partial charge on any atom is -0.508 e. The van der Waals surface area contributed by atoms with Gasteiger partial charge < -0.3 is 30.3 Å². The van der Waals surface area contributed by atoms with E-state index in [2.05, 4.69) is 0 Å². The molecule has 0 saturated heterocycles. The van der Waals surface area contributed by atoms with E-state index < -0.39 is 0 Å². The van der Waals surface area contributed by atoms with E-state index in [1.165, 1.54) is 12.1 Å². The van der Waals surface area contributed by atoms with Crippen LogP contribution in [0.5, 0.6) is 40.2 Å². The Labute approximate surface area is 197 Å². The van der Waals surface area contributed by atoms with Gasteiger partial charge in [-0.05, 0) is 90.4 Å². The van der Waals surface area contributed by atoms with Crippen molar-refractivity contribution in [2.75, 3.05) is 0 Å². The van der Waals surface area contributed by atoms with Crippen LogP contribution in [0.2, 0.25) is 0 Å². The third-order valence-electron chi connectivity index (χ3n) is 5.61. The van der Waals surface area contributed by atoms with E-state index in [4.69, 9.17) is 4.74 Å². The Hall–Kier alpha value is -4.32. The van der Waals surface area contributed by atoms with Crippen molar-refractivity contribution < 1.29 is 30.3 Å². The van der Waals surface area contributed by atoms with Gasteiger partial charge in [-0.1, -0.05) is 30.3 Å². The minimum absolute atomic E-state index is 0.0610. The first-order valence-corrected chi connectivity index (χ1v) is 11.0. The summed E-state index contributed by atoms with van der Waals surface area (Å²) in [7, 11) is 0. The summed E-state index contributed by atoms with van der Waals surface area (Å²) >= 11 is 0. The van der Waals surface area contributed by atoms with E-state index in [1.54, 1.807) is 54.6 Å². The average molecular weight is 459 g/mol. The van der Waals surface area contributed by atoms with Gasteiger partial charge in [0, 0.05) is 6.07 Å². The number of benzene rings is 4. The lowest BCUT2D eigenvalue weighted by Gasteiger charge is -2.14. The summed E-state index contributed by atoms with van der Waals surface area (Å²) < 4.78 is 5.83. The van der Waals surface area contributed by atoms with Crippen LogP contribution in [-0.2, 0) is 25.7 Å². The molecule has 0 fully saturated rings. The highest BCUT2D eigenvalue weighted by atomic mass is 16.5. The Morgan fingerprint density at radius 1 is 0.471 bits per heavy atom. The van der Waals surface area contributed by atoms with Gasteiger partial charge in [0.25, 0.3) is 0 Å². The maximum Gasteiger partial charge on any atom is 0.169 e. The number of aryl methyl sites for hydroxylation is 4. The summed E-state index contributed by atoms with van der Waals surface area (Å²) in [5.74, 6) is 0.315. The fourth-order valence-electron chi connectivity index (χ4n) is 3.79. The predicted octanol–water partition coefficient (Wildman–Crippen LogP) is 5.58. The Kier molecular flexibility index (Phi) is 6.78. The molecule has 5 N–H and O–H groups in total. The first kappa shape index (κ1) is 22.9. The summed E-state index contributed by atoms with van der Waals surface area (Å²) in [6.45, 7) is 0. The second-order valence-electron chi connectivity index (χ2n) is 8.19. The topological polar surface area (TPSA) is 110 Å². The summed E-state index contributed by atoms with van der Waals surface area (Å²) in [6, 6.07) is 21.8. The number of aromatic hydroxyl groups is 5. The normalized spacial score (nSPS) is 10.8. The minimum atomic E-state index is -0.247. The molecule has 0 atom stereocenters. The molecule has 0 radical (unpaired) electrons. The van der Waals surface area contributed by atoms with E-state index >= 15 is 0 Å². The second-order valence-corrected chi connectivity index (χ2v) is 8.19. The lowest BCUT2D eigenvalue weighted by atomic mass is 10.0. The van der Waals surface area contributed by atoms with Gasteiger partial charge in [-0.15, -0.1) is 0 Å². The lowest BCUT2D eigenvalue weighted by molar-refractivity contribution is 0.380. The molecule has 4 aromatic rings. The molecule has 0 aliphatic heterocycles. The van der Waals surface area contributed by atoms with Crippen molar-refractivity contribution in [2.24, 2.45) is 0 Å². The molecular weight excluding hydrogens is 432 g/mol. The molecule has 4 aromatic carbocycles. The first-order valence-electron chi connectivity index (χ1n) is 11.0. The van der Waals surface area contributed by atoms with Crippen LogP contribution >= 0.6 is 0 Å². The SMILES string of the molecule is Oc1cccc(CCc2ccc(O)c(Oc3cc(CCc4cccc(O)c4)c(O)cc3O)c2)c1. The van der Waals surface area contributed by atoms with Crippen LogP contribution in [0.4, 0.5) is 0 Å². The van der Waals surface area contributed by atoms with Gasteiger partial charge in [-0.3, -0.25) is 0 Å². The summed E-state index contributed by atoms with van der Waals surface area (Å²) in [4.78, 5) is 0. The zero-order valence-electron chi connectivity index (χ0n) is 18.5. The molecular formula is C28H26O6. The number of ether oxygens (including phenoxy) is 1. The Bertz CT molecular complexity index is 1300. The van der Waals surface area contributed by atoms with Crippen molar-refractivity contribution in [2.45, 2.75) is 25.7 Å². The van der Waals surface area contributed by atoms with Crippen molar-refractivity contribution in [3.63, 3.8) is 0 Å². The van der Waals surface area contributed by atoms with Crippen LogP contribution in [0, 0.1) is 0 Å². The zero-order valence-corrected chi connectivity index (χ0v) is 18.5. The second kappa shape index (κ2) is 10.1. The third kappa shape index (κ3) is 5.72. The number of rotatable bonds is 8. The van der Waals surface area contributed by atoms with E-state index in [9.17, 15) is 25.5 Å². The van der Waals surface area contributed by atoms with Gasteiger partial charge in [0.05, 0.1) is 0 Å². The molecule has 34 heavy (non-hydrogen) atoms. The monoisotopic (exact) mass is 458 g/mol. The number of hydrogen-bond donors (Lipinski definition) is 5. The van der Waals surface area contributed by atoms with Crippen LogP contribution < -0.4 is 4.74 Å². The van der Waals surface area contributed by atoms with Crippen molar-refractivity contribution >= 4 is 0 Å². The first-order chi connectivity index (χ1) is 16.4. The molecule has 0 aliphatic rings. The summed E-state index contributed by atoms with van der Waals surface area (Å²) in [6.07, 6.45) is 2.39. The summed E-state index contributed by atoms with van der Waals surface area (Å²) in [5, 5.41) is 50.2. The fraction of sp³-hybridized carbons (Fsp3) is 0.143. The van der Waals surface area contributed by atoms with Crippen LogP contribution in [0.25, 0.3) is 0 Å². The molecule has 6 nitrogen and oxygen atoms in total. The molecule has 4 rings (SSSR count). The van der Waals surface area contributed by atoms with Gasteiger partial charge in [0.15, 0.2) is 23.0 Å². The Balaban J connectivity index is 1.50. The smallest absolute Gasteiger partial charge is 0.169 e. The Morgan fingerprint density at radius 3 is 1.65 bits per heavy atom. The maximum atomic E-state index is 10.3. The number of phenols is 5. The van der Waals surface area contributed by atoms with Gasteiger partial charge in [0.1, 0.15) is 17.2 Å². The zero-order chi connectivity index (χ0) is 24.1. The van der Waals surface area contributed by atoms with Crippen molar-refractivity contribution in [1.82, 2.24) is 0 Å². The van der Waals surface area contributed by atoms with Crippen LogP contribution in [-0.4, -0.2) is 25.5 Å². The van der Waals surface area contributed by atoms with E-state index in [-0.39, 0.29) is 40.2 Å². The standard InChI is InChI=1S/C28H26O6/c29-22-5-1-3-18(13-22)7-8-20-10-12-24(31)27(15-20)34-28-16-21(25(32)17-26(28)33)11-9-19-4-2-6-23(30)14-19/h1-6,10,12-17,29-33H,7-9,11H2. The lowest BCUT2D eigenvalue weighted by Crippen LogP contribution is -1.95. The van der Waals surface area contributed by atoms with Crippen molar-refractivity contribution in [3.05, 3.63) is 101 Å². The molecule has 0 spiro atoms. The van der Waals surface area contributed by atoms with Gasteiger partial charge in [-0.2, -0.15) is 0 Å². The molecule has 0 aromatic heterocycles. The highest BCUT2D eigenvalue weighted by Gasteiger charge is 2.14. The molecule has 0 unspecified atom stereocenters. The van der Waals surface area contributed by atoms with Crippen LogP contribution in [0.3, 0.4) is 0 Å². The van der Waals surface area contributed by atoms with Crippen LogP contribution in [0.15, 0.2) is 78.9 Å². The predicted molar refractivity (Wildman–Crippen MR) is 129 cm³/mol. The van der Waals surface area contributed by atoms with Crippen molar-refractivity contribution in [1.29, 1.82) is 0 Å². The highest BCUT2D eigenvalue weighted by molar-refractivity contribution is 5.53. The van der Waals surface area contributed by atoms with E-state index in [0.29, 0.717) is 31.2 Å². The Morgan fingerprint density at radius 2 is 1.03 bits per heavy atom. The van der Waals surface area contributed by atoms with Gasteiger partial charge in [-0.25, -0.2) is 0 Å². The molecule has 0 heterocycles. The van der Waals surface area contributed by atoms with E-state index in [1.807, 2.05) is 12.1 Å². The quantitative estimate of drug-likeness (QED) is 0.236. The van der Waals surface area contributed by atoms with Crippen LogP contribution in [0.1, 0.15) is 22.3 Å². The third-order valence-corrected chi connectivity index (χ3v) is 5.61. The van der Waals surface area contributed by atoms with E-state index in [0.717, 1.165) is 16.7 Å². The average Bonchev–Trinajstić information content (AvgIpc) is 2.80. The summed E-state index contributed by atoms with van der Waals surface area (Å²) in [5.41, 5.74) is 3.38. The maximum absolute atomic E-state index is 10.3. The fourth-order valence-corrected chi connectivity index (χ4v) is 3.79. The largest absolute Gasteiger partial charge is 0.508 e. The van der Waals surface area contributed by atoms with Crippen molar-refractivity contribution in [3.8, 4) is 40.2 Å². The molecule has 6 heteroatoms. The van der Waals surface area contributed by atoms with Gasteiger partial charge >= 0.3 is 0 Å². The molecule has 0 amide bonds.